The lowest BCUT2D eigenvalue weighted by Gasteiger charge is -2.23. The first-order valence-electron chi connectivity index (χ1n) is 10.1. The number of sulfonamides is 1. The number of hydrogen-bond acceptors (Lipinski definition) is 9. The Morgan fingerprint density at radius 3 is 2.24 bits per heavy atom. The summed E-state index contributed by atoms with van der Waals surface area (Å²) in [7, 11) is 0.938. The maximum absolute atomic E-state index is 14.6. The van der Waals surface area contributed by atoms with Gasteiger partial charge in [-0.3, -0.25) is 4.31 Å². The molecule has 0 amide bonds. The molecular formula is C22H26FN5O5S. The molecule has 0 radical (unpaired) electrons. The zero-order valence-corrected chi connectivity index (χ0v) is 20.2. The summed E-state index contributed by atoms with van der Waals surface area (Å²) in [5.74, 6) is 0.486. The van der Waals surface area contributed by atoms with E-state index >= 15 is 0 Å². The fraction of sp³-hybridized carbons (Fsp3) is 0.273. The SMILES string of the molecule is CCN(c1ccccc1Nc1nc(Nc2cc(OC)c(OC)c(OC)c2)ncc1F)S(C)(=O)=O. The zero-order valence-electron chi connectivity index (χ0n) is 19.4. The van der Waals surface area contributed by atoms with Gasteiger partial charge in [-0.05, 0) is 19.1 Å². The predicted molar refractivity (Wildman–Crippen MR) is 129 cm³/mol. The Morgan fingerprint density at radius 1 is 1.03 bits per heavy atom. The van der Waals surface area contributed by atoms with Crippen LogP contribution in [-0.2, 0) is 10.0 Å². The summed E-state index contributed by atoms with van der Waals surface area (Å²) >= 11 is 0. The van der Waals surface area contributed by atoms with Gasteiger partial charge in [0.25, 0.3) is 0 Å². The molecule has 0 saturated heterocycles. The van der Waals surface area contributed by atoms with Crippen LogP contribution >= 0.6 is 0 Å². The monoisotopic (exact) mass is 491 g/mol. The zero-order chi connectivity index (χ0) is 24.9. The summed E-state index contributed by atoms with van der Waals surface area (Å²) < 4.78 is 56.2. The van der Waals surface area contributed by atoms with Gasteiger partial charge in [-0.1, -0.05) is 12.1 Å². The van der Waals surface area contributed by atoms with Crippen molar-refractivity contribution in [3.8, 4) is 17.2 Å². The number of halogens is 1. The molecule has 1 heterocycles. The van der Waals surface area contributed by atoms with Crippen LogP contribution in [0.1, 0.15) is 6.92 Å². The summed E-state index contributed by atoms with van der Waals surface area (Å²) in [6.45, 7) is 1.92. The lowest BCUT2D eigenvalue weighted by Crippen LogP contribution is -2.30. The van der Waals surface area contributed by atoms with Crippen LogP contribution in [0.2, 0.25) is 0 Å². The van der Waals surface area contributed by atoms with E-state index in [9.17, 15) is 12.8 Å². The quantitative estimate of drug-likeness (QED) is 0.435. The van der Waals surface area contributed by atoms with Gasteiger partial charge in [-0.15, -0.1) is 0 Å². The predicted octanol–water partition coefficient (Wildman–Crippen LogP) is 3.91. The highest BCUT2D eigenvalue weighted by Crippen LogP contribution is 2.40. The van der Waals surface area contributed by atoms with Gasteiger partial charge in [0.1, 0.15) is 0 Å². The molecule has 10 nitrogen and oxygen atoms in total. The van der Waals surface area contributed by atoms with Crippen LogP contribution in [0.15, 0.2) is 42.6 Å². The molecule has 0 aliphatic rings. The van der Waals surface area contributed by atoms with E-state index in [0.717, 1.165) is 12.5 Å². The summed E-state index contributed by atoms with van der Waals surface area (Å²) in [5, 5.41) is 5.86. The van der Waals surface area contributed by atoms with Gasteiger partial charge in [0.2, 0.25) is 21.7 Å². The van der Waals surface area contributed by atoms with Crippen molar-refractivity contribution < 1.29 is 27.0 Å². The van der Waals surface area contributed by atoms with E-state index < -0.39 is 15.8 Å². The average Bonchev–Trinajstić information content (AvgIpc) is 2.81. The van der Waals surface area contributed by atoms with E-state index in [4.69, 9.17) is 14.2 Å². The van der Waals surface area contributed by atoms with E-state index in [0.29, 0.717) is 34.3 Å². The maximum atomic E-state index is 14.6. The van der Waals surface area contributed by atoms with E-state index in [-0.39, 0.29) is 18.3 Å². The van der Waals surface area contributed by atoms with Crippen molar-refractivity contribution in [3.63, 3.8) is 0 Å². The van der Waals surface area contributed by atoms with Crippen LogP contribution < -0.4 is 29.1 Å². The van der Waals surface area contributed by atoms with Crippen molar-refractivity contribution in [2.45, 2.75) is 6.92 Å². The van der Waals surface area contributed by atoms with Crippen LogP contribution in [0, 0.1) is 5.82 Å². The number of hydrogen-bond donors (Lipinski definition) is 2. The van der Waals surface area contributed by atoms with Crippen molar-refractivity contribution in [2.75, 3.05) is 49.1 Å². The average molecular weight is 492 g/mol. The highest BCUT2D eigenvalue weighted by molar-refractivity contribution is 7.92. The molecular weight excluding hydrogens is 465 g/mol. The van der Waals surface area contributed by atoms with Gasteiger partial charge in [-0.2, -0.15) is 4.98 Å². The number of methoxy groups -OCH3 is 3. The molecule has 12 heteroatoms. The summed E-state index contributed by atoms with van der Waals surface area (Å²) in [4.78, 5) is 8.20. The second-order valence-electron chi connectivity index (χ2n) is 7.00. The number of nitrogens with zero attached hydrogens (tertiary/aromatic N) is 3. The molecule has 34 heavy (non-hydrogen) atoms. The third-order valence-corrected chi connectivity index (χ3v) is 6.03. The summed E-state index contributed by atoms with van der Waals surface area (Å²) in [6, 6.07) is 9.97. The van der Waals surface area contributed by atoms with Crippen molar-refractivity contribution in [1.82, 2.24) is 9.97 Å². The molecule has 3 rings (SSSR count). The molecule has 2 N–H and O–H groups in total. The van der Waals surface area contributed by atoms with Crippen LogP contribution in [0.5, 0.6) is 17.2 Å². The molecule has 0 bridgehead atoms. The van der Waals surface area contributed by atoms with Crippen LogP contribution in [0.3, 0.4) is 0 Å². The molecule has 0 aliphatic heterocycles. The Morgan fingerprint density at radius 2 is 1.68 bits per heavy atom. The molecule has 0 saturated carbocycles. The van der Waals surface area contributed by atoms with Crippen molar-refractivity contribution in [2.24, 2.45) is 0 Å². The number of anilines is 5. The molecule has 0 aliphatic carbocycles. The number of benzene rings is 2. The molecule has 0 unspecified atom stereocenters. The molecule has 0 fully saturated rings. The van der Waals surface area contributed by atoms with Crippen molar-refractivity contribution in [1.29, 1.82) is 0 Å². The highest BCUT2D eigenvalue weighted by atomic mass is 32.2. The normalized spacial score (nSPS) is 11.0. The minimum atomic E-state index is -3.54. The van der Waals surface area contributed by atoms with Gasteiger partial charge < -0.3 is 24.8 Å². The van der Waals surface area contributed by atoms with E-state index in [1.807, 2.05) is 0 Å². The minimum Gasteiger partial charge on any atom is -0.493 e. The Balaban J connectivity index is 1.95. The third-order valence-electron chi connectivity index (χ3n) is 4.78. The fourth-order valence-corrected chi connectivity index (χ4v) is 4.29. The summed E-state index contributed by atoms with van der Waals surface area (Å²) in [5.41, 5.74) is 1.25. The van der Waals surface area contributed by atoms with Gasteiger partial charge in [0.15, 0.2) is 23.1 Å². The Labute approximate surface area is 197 Å². The second-order valence-corrected chi connectivity index (χ2v) is 8.91. The topological polar surface area (TPSA) is 115 Å². The van der Waals surface area contributed by atoms with E-state index in [2.05, 4.69) is 20.6 Å². The van der Waals surface area contributed by atoms with Crippen LogP contribution in [0.25, 0.3) is 0 Å². The first-order valence-corrected chi connectivity index (χ1v) is 12.0. The number of rotatable bonds is 10. The number of aromatic nitrogens is 2. The first kappa shape index (κ1) is 24.8. The smallest absolute Gasteiger partial charge is 0.232 e. The molecule has 1 aromatic heterocycles. The van der Waals surface area contributed by atoms with Gasteiger partial charge >= 0.3 is 0 Å². The lowest BCUT2D eigenvalue weighted by molar-refractivity contribution is 0.324. The molecule has 182 valence electrons. The Bertz CT molecular complexity index is 1250. The van der Waals surface area contributed by atoms with Crippen molar-refractivity contribution >= 4 is 38.9 Å². The number of para-hydroxylation sites is 2. The molecule has 0 atom stereocenters. The molecule has 3 aromatic rings. The highest BCUT2D eigenvalue weighted by Gasteiger charge is 2.20. The molecule has 0 spiro atoms. The first-order chi connectivity index (χ1) is 16.2. The second kappa shape index (κ2) is 10.4. The van der Waals surface area contributed by atoms with Crippen molar-refractivity contribution in [3.05, 3.63) is 48.4 Å². The fourth-order valence-electron chi connectivity index (χ4n) is 3.31. The lowest BCUT2D eigenvalue weighted by atomic mass is 10.2. The standard InChI is InChI=1S/C22H26FN5O5S/c1-6-28(34(5,29)30)17-10-8-7-9-16(17)26-21-15(23)13-24-22(27-21)25-14-11-18(31-2)20(33-4)19(12-14)32-3/h7-13H,6H2,1-5H3,(H2,24,25,26,27). The minimum absolute atomic E-state index is 0.0890. The maximum Gasteiger partial charge on any atom is 0.232 e. The van der Waals surface area contributed by atoms with Crippen LogP contribution in [0.4, 0.5) is 33.2 Å². The number of nitrogens with one attached hydrogen (secondary N) is 2. The van der Waals surface area contributed by atoms with Crippen LogP contribution in [-0.4, -0.2) is 52.5 Å². The van der Waals surface area contributed by atoms with Gasteiger partial charge in [0, 0.05) is 24.4 Å². The molecule has 2 aromatic carbocycles. The van der Waals surface area contributed by atoms with Gasteiger partial charge in [-0.25, -0.2) is 17.8 Å². The summed E-state index contributed by atoms with van der Waals surface area (Å²) in [6.07, 6.45) is 2.12. The van der Waals surface area contributed by atoms with E-state index in [1.54, 1.807) is 43.3 Å². The third kappa shape index (κ3) is 5.39. The van der Waals surface area contributed by atoms with Gasteiger partial charge in [0.05, 0.1) is 45.2 Å². The van der Waals surface area contributed by atoms with E-state index in [1.165, 1.54) is 25.6 Å². The number of ether oxygens (including phenoxy) is 3. The Hall–Kier alpha value is -3.80. The largest absolute Gasteiger partial charge is 0.493 e. The Kier molecular flexibility index (Phi) is 7.61.